The van der Waals surface area contributed by atoms with Crippen molar-refractivity contribution in [1.29, 1.82) is 0 Å². The van der Waals surface area contributed by atoms with Gasteiger partial charge in [-0.25, -0.2) is 0 Å². The Bertz CT molecular complexity index is 534. The topological polar surface area (TPSA) is 26.9 Å². The molecule has 0 fully saturated rings. The summed E-state index contributed by atoms with van der Waals surface area (Å²) in [7, 11) is 0. The van der Waals surface area contributed by atoms with E-state index in [4.69, 9.17) is 0 Å². The maximum atomic E-state index is 11.8. The Kier molecular flexibility index (Phi) is 3.85. The smallest absolute Gasteiger partial charge is 0.224 e. The van der Waals surface area contributed by atoms with E-state index in [1.165, 1.54) is 11.5 Å². The first-order valence-electron chi connectivity index (χ1n) is 6.56. The molecule has 0 aliphatic rings. The van der Waals surface area contributed by atoms with Crippen LogP contribution in [0.5, 0.6) is 0 Å². The van der Waals surface area contributed by atoms with Gasteiger partial charge in [-0.1, -0.05) is 39.3 Å². The molecule has 18 heavy (non-hydrogen) atoms. The molecule has 0 aliphatic carbocycles. The Morgan fingerprint density at radius 1 is 1.22 bits per heavy atom. The number of benzene rings is 1. The predicted molar refractivity (Wildman–Crippen MR) is 75.1 cm³/mol. The number of fused-ring (bicyclic) bond motifs is 1. The third-order valence-corrected chi connectivity index (χ3v) is 3.49. The zero-order valence-electron chi connectivity index (χ0n) is 11.3. The average molecular weight is 242 g/mol. The highest BCUT2D eigenvalue weighted by molar-refractivity contribution is 5.80. The SMILES string of the molecule is CCCC([C](C)C)c1cc[n+]([O-])c2ccccc12. The minimum absolute atomic E-state index is 0.445. The fourth-order valence-corrected chi connectivity index (χ4v) is 2.58. The van der Waals surface area contributed by atoms with Crippen molar-refractivity contribution in [3.05, 3.63) is 53.2 Å². The molecular weight excluding hydrogens is 222 g/mol. The van der Waals surface area contributed by atoms with E-state index in [1.54, 1.807) is 6.20 Å². The molecule has 1 radical (unpaired) electrons. The molecule has 0 saturated carbocycles. The van der Waals surface area contributed by atoms with E-state index in [9.17, 15) is 5.21 Å². The summed E-state index contributed by atoms with van der Waals surface area (Å²) in [6.45, 7) is 6.55. The Morgan fingerprint density at radius 3 is 2.61 bits per heavy atom. The number of nitrogens with zero attached hydrogens (tertiary/aromatic N) is 1. The molecule has 1 aromatic heterocycles. The number of hydrogen-bond acceptors (Lipinski definition) is 1. The Hall–Kier alpha value is -1.57. The van der Waals surface area contributed by atoms with E-state index < -0.39 is 0 Å². The van der Waals surface area contributed by atoms with E-state index >= 15 is 0 Å². The van der Waals surface area contributed by atoms with Crippen LogP contribution >= 0.6 is 0 Å². The van der Waals surface area contributed by atoms with E-state index in [0.717, 1.165) is 28.5 Å². The van der Waals surface area contributed by atoms with Crippen LogP contribution in [-0.2, 0) is 0 Å². The minimum Gasteiger partial charge on any atom is -0.618 e. The summed E-state index contributed by atoms with van der Waals surface area (Å²) in [6.07, 6.45) is 3.91. The number of hydrogen-bond donors (Lipinski definition) is 0. The van der Waals surface area contributed by atoms with Gasteiger partial charge in [0, 0.05) is 12.1 Å². The zero-order chi connectivity index (χ0) is 13.1. The number of rotatable bonds is 4. The summed E-state index contributed by atoms with van der Waals surface area (Å²) < 4.78 is 0.951. The van der Waals surface area contributed by atoms with Crippen LogP contribution in [0, 0.1) is 11.1 Å². The fraction of sp³-hybridized carbons (Fsp3) is 0.375. The van der Waals surface area contributed by atoms with Gasteiger partial charge in [-0.05, 0) is 29.9 Å². The molecule has 95 valence electrons. The summed E-state index contributed by atoms with van der Waals surface area (Å²) in [6, 6.07) is 9.82. The third kappa shape index (κ3) is 2.33. The lowest BCUT2D eigenvalue weighted by Crippen LogP contribution is -2.27. The highest BCUT2D eigenvalue weighted by Gasteiger charge is 2.20. The first kappa shape index (κ1) is 12.9. The highest BCUT2D eigenvalue weighted by atomic mass is 16.5. The van der Waals surface area contributed by atoms with Gasteiger partial charge in [0.15, 0.2) is 6.20 Å². The maximum Gasteiger partial charge on any atom is 0.224 e. The van der Waals surface area contributed by atoms with Crippen molar-refractivity contribution in [2.24, 2.45) is 0 Å². The lowest BCUT2D eigenvalue weighted by molar-refractivity contribution is -0.577. The highest BCUT2D eigenvalue weighted by Crippen LogP contribution is 2.33. The average Bonchev–Trinajstić information content (AvgIpc) is 2.37. The van der Waals surface area contributed by atoms with Crippen LogP contribution in [0.4, 0.5) is 0 Å². The van der Waals surface area contributed by atoms with E-state index in [1.807, 2.05) is 30.3 Å². The van der Waals surface area contributed by atoms with Crippen LogP contribution < -0.4 is 4.73 Å². The van der Waals surface area contributed by atoms with Crippen molar-refractivity contribution in [3.63, 3.8) is 0 Å². The summed E-state index contributed by atoms with van der Waals surface area (Å²) >= 11 is 0. The van der Waals surface area contributed by atoms with Gasteiger partial charge in [-0.3, -0.25) is 0 Å². The molecule has 2 nitrogen and oxygen atoms in total. The van der Waals surface area contributed by atoms with E-state index in [2.05, 4.69) is 20.8 Å². The molecule has 0 amide bonds. The van der Waals surface area contributed by atoms with Crippen LogP contribution in [0.15, 0.2) is 36.5 Å². The lowest BCUT2D eigenvalue weighted by atomic mass is 9.83. The van der Waals surface area contributed by atoms with Crippen molar-refractivity contribution in [3.8, 4) is 0 Å². The molecular formula is C16H20NO. The largest absolute Gasteiger partial charge is 0.618 e. The molecule has 1 atom stereocenters. The Morgan fingerprint density at radius 2 is 1.94 bits per heavy atom. The lowest BCUT2D eigenvalue weighted by Gasteiger charge is -2.21. The second kappa shape index (κ2) is 5.38. The third-order valence-electron chi connectivity index (χ3n) is 3.49. The van der Waals surface area contributed by atoms with Crippen molar-refractivity contribution >= 4 is 10.9 Å². The molecule has 0 saturated heterocycles. The van der Waals surface area contributed by atoms with Crippen molar-refractivity contribution in [1.82, 2.24) is 0 Å². The van der Waals surface area contributed by atoms with Gasteiger partial charge in [0.05, 0.1) is 5.39 Å². The molecule has 0 N–H and O–H groups in total. The number of para-hydroxylation sites is 1. The van der Waals surface area contributed by atoms with Crippen LogP contribution in [0.25, 0.3) is 10.9 Å². The summed E-state index contributed by atoms with van der Waals surface area (Å²) in [4.78, 5) is 0. The van der Waals surface area contributed by atoms with Gasteiger partial charge in [0.2, 0.25) is 5.52 Å². The predicted octanol–water partition coefficient (Wildman–Crippen LogP) is 3.97. The van der Waals surface area contributed by atoms with Gasteiger partial charge in [0.1, 0.15) is 0 Å². The second-order valence-electron chi connectivity index (χ2n) is 5.03. The normalized spacial score (nSPS) is 13.1. The van der Waals surface area contributed by atoms with Crippen LogP contribution in [0.2, 0.25) is 0 Å². The van der Waals surface area contributed by atoms with Gasteiger partial charge in [-0.15, -0.1) is 0 Å². The molecule has 1 aromatic carbocycles. The molecule has 1 heterocycles. The van der Waals surface area contributed by atoms with Crippen LogP contribution in [0.3, 0.4) is 0 Å². The molecule has 0 bridgehead atoms. The van der Waals surface area contributed by atoms with E-state index in [0.29, 0.717) is 5.92 Å². The second-order valence-corrected chi connectivity index (χ2v) is 5.03. The quantitative estimate of drug-likeness (QED) is 0.588. The fourth-order valence-electron chi connectivity index (χ4n) is 2.58. The maximum absolute atomic E-state index is 11.8. The number of aromatic nitrogens is 1. The Labute approximate surface area is 109 Å². The van der Waals surface area contributed by atoms with E-state index in [-0.39, 0.29) is 0 Å². The van der Waals surface area contributed by atoms with Gasteiger partial charge >= 0.3 is 0 Å². The summed E-state index contributed by atoms with van der Waals surface area (Å²) in [5.41, 5.74) is 2.04. The van der Waals surface area contributed by atoms with Gasteiger partial charge in [0.25, 0.3) is 0 Å². The first-order chi connectivity index (χ1) is 8.65. The monoisotopic (exact) mass is 242 g/mol. The summed E-state index contributed by atoms with van der Waals surface area (Å²) in [5, 5.41) is 12.9. The standard InChI is InChI=1S/C16H20NO/c1-4-7-13(12(2)3)14-10-11-17(18)16-9-6-5-8-15(14)16/h5-6,8-11,13H,4,7H2,1-3H3. The van der Waals surface area contributed by atoms with Gasteiger partial charge < -0.3 is 5.21 Å². The van der Waals surface area contributed by atoms with Crippen molar-refractivity contribution in [2.75, 3.05) is 0 Å². The number of pyridine rings is 1. The van der Waals surface area contributed by atoms with Crippen LogP contribution in [0.1, 0.15) is 45.1 Å². The zero-order valence-corrected chi connectivity index (χ0v) is 11.3. The summed E-state index contributed by atoms with van der Waals surface area (Å²) in [5.74, 6) is 1.85. The molecule has 0 aliphatic heterocycles. The Balaban J connectivity index is 2.59. The molecule has 2 aromatic rings. The first-order valence-corrected chi connectivity index (χ1v) is 6.56. The molecule has 2 heteroatoms. The molecule has 0 spiro atoms. The van der Waals surface area contributed by atoms with Crippen molar-refractivity contribution in [2.45, 2.75) is 39.5 Å². The molecule has 2 rings (SSSR count). The van der Waals surface area contributed by atoms with Gasteiger partial charge in [-0.2, -0.15) is 4.73 Å². The van der Waals surface area contributed by atoms with Crippen molar-refractivity contribution < 1.29 is 4.73 Å². The minimum atomic E-state index is 0.445. The van der Waals surface area contributed by atoms with Crippen LogP contribution in [-0.4, -0.2) is 0 Å². The molecule has 1 unspecified atom stereocenters.